The molecular formula is C13H25N5. The van der Waals surface area contributed by atoms with Crippen LogP contribution in [0.1, 0.15) is 25.5 Å². The molecule has 1 aromatic rings. The SMILES string of the molecule is CCN1CCN(CC(N)c2cnn(C)c2)CC1C. The van der Waals surface area contributed by atoms with Crippen LogP contribution in [0.4, 0.5) is 0 Å². The molecule has 5 nitrogen and oxygen atoms in total. The van der Waals surface area contributed by atoms with Gasteiger partial charge in [0.05, 0.1) is 6.20 Å². The lowest BCUT2D eigenvalue weighted by Gasteiger charge is -2.40. The predicted octanol–water partition coefficient (Wildman–Crippen LogP) is 0.446. The fourth-order valence-corrected chi connectivity index (χ4v) is 2.72. The van der Waals surface area contributed by atoms with Crippen LogP contribution in [-0.2, 0) is 7.05 Å². The van der Waals surface area contributed by atoms with Crippen molar-refractivity contribution in [3.05, 3.63) is 18.0 Å². The number of likely N-dealkylation sites (N-methyl/N-ethyl adjacent to an activating group) is 1. The number of hydrogen-bond donors (Lipinski definition) is 1. The third-order valence-corrected chi connectivity index (χ3v) is 3.86. The van der Waals surface area contributed by atoms with E-state index in [-0.39, 0.29) is 6.04 Å². The minimum atomic E-state index is 0.0686. The zero-order valence-corrected chi connectivity index (χ0v) is 11.7. The second kappa shape index (κ2) is 5.82. The zero-order chi connectivity index (χ0) is 13.1. The highest BCUT2D eigenvalue weighted by Crippen LogP contribution is 2.14. The van der Waals surface area contributed by atoms with Gasteiger partial charge in [-0.15, -0.1) is 0 Å². The maximum absolute atomic E-state index is 6.24. The van der Waals surface area contributed by atoms with Gasteiger partial charge in [-0.05, 0) is 13.5 Å². The fraction of sp³-hybridized carbons (Fsp3) is 0.769. The Labute approximate surface area is 110 Å². The minimum Gasteiger partial charge on any atom is -0.323 e. The van der Waals surface area contributed by atoms with Gasteiger partial charge >= 0.3 is 0 Å². The Kier molecular flexibility index (Phi) is 4.37. The number of aromatic nitrogens is 2. The quantitative estimate of drug-likeness (QED) is 0.844. The lowest BCUT2D eigenvalue weighted by molar-refractivity contribution is 0.0841. The largest absolute Gasteiger partial charge is 0.323 e. The monoisotopic (exact) mass is 251 g/mol. The molecule has 1 aliphatic heterocycles. The molecule has 2 N–H and O–H groups in total. The summed E-state index contributed by atoms with van der Waals surface area (Å²) in [4.78, 5) is 4.99. The summed E-state index contributed by atoms with van der Waals surface area (Å²) in [6.45, 7) is 9.97. The van der Waals surface area contributed by atoms with Crippen molar-refractivity contribution in [3.8, 4) is 0 Å². The number of rotatable bonds is 4. The predicted molar refractivity (Wildman–Crippen MR) is 73.3 cm³/mol. The van der Waals surface area contributed by atoms with Crippen LogP contribution in [0, 0.1) is 0 Å². The van der Waals surface area contributed by atoms with Gasteiger partial charge in [0.1, 0.15) is 0 Å². The van der Waals surface area contributed by atoms with E-state index in [1.54, 1.807) is 0 Å². The molecule has 0 aromatic carbocycles. The van der Waals surface area contributed by atoms with Crippen molar-refractivity contribution in [2.45, 2.75) is 25.9 Å². The van der Waals surface area contributed by atoms with Gasteiger partial charge in [-0.2, -0.15) is 5.10 Å². The molecule has 1 fully saturated rings. The zero-order valence-electron chi connectivity index (χ0n) is 11.7. The van der Waals surface area contributed by atoms with Gasteiger partial charge in [0.25, 0.3) is 0 Å². The van der Waals surface area contributed by atoms with Crippen LogP contribution in [0.3, 0.4) is 0 Å². The summed E-state index contributed by atoms with van der Waals surface area (Å²) in [5.74, 6) is 0. The van der Waals surface area contributed by atoms with Gasteiger partial charge in [0.15, 0.2) is 0 Å². The summed E-state index contributed by atoms with van der Waals surface area (Å²) in [6, 6.07) is 0.698. The van der Waals surface area contributed by atoms with E-state index in [0.29, 0.717) is 6.04 Å². The van der Waals surface area contributed by atoms with Gasteiger partial charge < -0.3 is 5.73 Å². The van der Waals surface area contributed by atoms with Crippen LogP contribution >= 0.6 is 0 Å². The number of nitrogens with zero attached hydrogens (tertiary/aromatic N) is 4. The summed E-state index contributed by atoms with van der Waals surface area (Å²) >= 11 is 0. The number of aryl methyl sites for hydroxylation is 1. The first-order valence-corrected chi connectivity index (χ1v) is 6.80. The molecular weight excluding hydrogens is 226 g/mol. The van der Waals surface area contributed by atoms with Crippen LogP contribution < -0.4 is 5.73 Å². The smallest absolute Gasteiger partial charge is 0.0537 e. The average molecular weight is 251 g/mol. The first kappa shape index (κ1) is 13.5. The molecule has 2 heterocycles. The standard InChI is InChI=1S/C13H25N5/c1-4-18-6-5-17(8-11(18)2)10-13(14)12-7-15-16(3)9-12/h7,9,11,13H,4-6,8,10,14H2,1-3H3. The van der Waals surface area contributed by atoms with Crippen LogP contribution in [0.5, 0.6) is 0 Å². The molecule has 1 aliphatic rings. The van der Waals surface area contributed by atoms with Crippen molar-refractivity contribution in [1.82, 2.24) is 19.6 Å². The van der Waals surface area contributed by atoms with E-state index in [4.69, 9.17) is 5.73 Å². The van der Waals surface area contributed by atoms with Crippen molar-refractivity contribution in [2.24, 2.45) is 12.8 Å². The van der Waals surface area contributed by atoms with E-state index in [2.05, 4.69) is 28.7 Å². The molecule has 1 saturated heterocycles. The topological polar surface area (TPSA) is 50.3 Å². The summed E-state index contributed by atoms with van der Waals surface area (Å²) in [5.41, 5.74) is 7.37. The van der Waals surface area contributed by atoms with Gasteiger partial charge in [-0.25, -0.2) is 0 Å². The van der Waals surface area contributed by atoms with Crippen molar-refractivity contribution < 1.29 is 0 Å². The minimum absolute atomic E-state index is 0.0686. The molecule has 0 amide bonds. The average Bonchev–Trinajstić information content (AvgIpc) is 2.76. The molecule has 0 spiro atoms. The highest BCUT2D eigenvalue weighted by molar-refractivity contribution is 5.10. The highest BCUT2D eigenvalue weighted by atomic mass is 15.3. The van der Waals surface area contributed by atoms with Gasteiger partial charge in [0.2, 0.25) is 0 Å². The first-order valence-electron chi connectivity index (χ1n) is 6.80. The second-order valence-corrected chi connectivity index (χ2v) is 5.29. The Morgan fingerprint density at radius 1 is 1.50 bits per heavy atom. The second-order valence-electron chi connectivity index (χ2n) is 5.29. The van der Waals surface area contributed by atoms with E-state index in [9.17, 15) is 0 Å². The normalized spacial score (nSPS) is 24.3. The molecule has 1 aromatic heterocycles. The first-order chi connectivity index (χ1) is 8.60. The highest BCUT2D eigenvalue weighted by Gasteiger charge is 2.23. The van der Waals surface area contributed by atoms with Crippen LogP contribution in [0.25, 0.3) is 0 Å². The van der Waals surface area contributed by atoms with E-state index in [1.807, 2.05) is 24.1 Å². The summed E-state index contributed by atoms with van der Waals surface area (Å²) in [6.07, 6.45) is 3.88. The molecule has 18 heavy (non-hydrogen) atoms. The maximum atomic E-state index is 6.24. The summed E-state index contributed by atoms with van der Waals surface area (Å²) < 4.78 is 1.81. The molecule has 2 rings (SSSR count). The lowest BCUT2D eigenvalue weighted by Crippen LogP contribution is -2.52. The van der Waals surface area contributed by atoms with Crippen LogP contribution in [-0.4, -0.2) is 58.3 Å². The van der Waals surface area contributed by atoms with Crippen molar-refractivity contribution in [3.63, 3.8) is 0 Å². The van der Waals surface area contributed by atoms with E-state index >= 15 is 0 Å². The van der Waals surface area contributed by atoms with Gasteiger partial charge in [-0.1, -0.05) is 6.92 Å². The Morgan fingerprint density at radius 3 is 2.83 bits per heavy atom. The number of hydrogen-bond acceptors (Lipinski definition) is 4. The molecule has 0 bridgehead atoms. The van der Waals surface area contributed by atoms with Crippen molar-refractivity contribution >= 4 is 0 Å². The van der Waals surface area contributed by atoms with Gasteiger partial charge in [-0.3, -0.25) is 14.5 Å². The van der Waals surface area contributed by atoms with E-state index in [1.165, 1.54) is 0 Å². The lowest BCUT2D eigenvalue weighted by atomic mass is 10.1. The maximum Gasteiger partial charge on any atom is 0.0537 e. The summed E-state index contributed by atoms with van der Waals surface area (Å²) in [7, 11) is 1.93. The van der Waals surface area contributed by atoms with Crippen LogP contribution in [0.15, 0.2) is 12.4 Å². The Bertz CT molecular complexity index is 375. The van der Waals surface area contributed by atoms with E-state index in [0.717, 1.165) is 38.3 Å². The molecule has 102 valence electrons. The third kappa shape index (κ3) is 3.10. The van der Waals surface area contributed by atoms with Gasteiger partial charge in [0, 0.05) is 57.1 Å². The summed E-state index contributed by atoms with van der Waals surface area (Å²) in [5, 5.41) is 4.18. The molecule has 2 unspecified atom stereocenters. The molecule has 2 atom stereocenters. The fourth-order valence-electron chi connectivity index (χ4n) is 2.72. The Morgan fingerprint density at radius 2 is 2.28 bits per heavy atom. The third-order valence-electron chi connectivity index (χ3n) is 3.86. The molecule has 5 heteroatoms. The Hall–Kier alpha value is -0.910. The molecule has 0 aliphatic carbocycles. The van der Waals surface area contributed by atoms with Crippen LogP contribution in [0.2, 0.25) is 0 Å². The van der Waals surface area contributed by atoms with E-state index < -0.39 is 0 Å². The molecule has 0 saturated carbocycles. The number of piperazine rings is 1. The van der Waals surface area contributed by atoms with Crippen molar-refractivity contribution in [2.75, 3.05) is 32.7 Å². The number of nitrogens with two attached hydrogens (primary N) is 1. The molecule has 0 radical (unpaired) electrons. The van der Waals surface area contributed by atoms with Crippen molar-refractivity contribution in [1.29, 1.82) is 0 Å². The Balaban J connectivity index is 1.87.